The summed E-state index contributed by atoms with van der Waals surface area (Å²) in [5.74, 6) is 0.581. The monoisotopic (exact) mass is 444 g/mol. The number of benzene rings is 2. The van der Waals surface area contributed by atoms with E-state index in [0.29, 0.717) is 21.4 Å². The summed E-state index contributed by atoms with van der Waals surface area (Å²) in [5, 5.41) is 0.855. The maximum Gasteiger partial charge on any atom is 0.332 e. The van der Waals surface area contributed by atoms with Gasteiger partial charge in [0.25, 0.3) is 5.56 Å². The van der Waals surface area contributed by atoms with Gasteiger partial charge in [0.2, 0.25) is 0 Å². The molecule has 154 valence electrons. The van der Waals surface area contributed by atoms with E-state index in [0.717, 1.165) is 10.1 Å². The summed E-state index contributed by atoms with van der Waals surface area (Å²) in [6, 6.07) is 12.6. The SMILES string of the molecule is Cc1ccc(Oc2nc3c(c(=O)n(Cc4ccc(Cl)cc4Cl)c(=O)n3C)n2C)cc1. The lowest BCUT2D eigenvalue weighted by molar-refractivity contribution is 0.427. The minimum Gasteiger partial charge on any atom is -0.425 e. The second kappa shape index (κ2) is 7.66. The summed E-state index contributed by atoms with van der Waals surface area (Å²) in [5.41, 5.74) is 1.22. The molecule has 0 unspecified atom stereocenters. The van der Waals surface area contributed by atoms with Gasteiger partial charge in [-0.1, -0.05) is 47.0 Å². The lowest BCUT2D eigenvalue weighted by Gasteiger charge is -2.10. The molecule has 0 bridgehead atoms. The van der Waals surface area contributed by atoms with Crippen LogP contribution in [0.25, 0.3) is 11.2 Å². The molecular weight excluding hydrogens is 427 g/mol. The molecule has 0 amide bonds. The van der Waals surface area contributed by atoms with Crippen molar-refractivity contribution in [3.63, 3.8) is 0 Å². The van der Waals surface area contributed by atoms with Gasteiger partial charge >= 0.3 is 11.7 Å². The van der Waals surface area contributed by atoms with Crippen molar-refractivity contribution in [3.05, 3.63) is 84.5 Å². The first-order chi connectivity index (χ1) is 14.3. The lowest BCUT2D eigenvalue weighted by Crippen LogP contribution is -2.39. The first kappa shape index (κ1) is 20.3. The van der Waals surface area contributed by atoms with E-state index in [1.807, 2.05) is 31.2 Å². The second-order valence-corrected chi connectivity index (χ2v) is 7.85. The van der Waals surface area contributed by atoms with Crippen molar-refractivity contribution in [1.29, 1.82) is 0 Å². The maximum atomic E-state index is 13.2. The Balaban J connectivity index is 1.84. The highest BCUT2D eigenvalue weighted by atomic mass is 35.5. The molecule has 0 aliphatic heterocycles. The molecule has 2 aromatic carbocycles. The highest BCUT2D eigenvalue weighted by Crippen LogP contribution is 2.24. The molecule has 4 rings (SSSR count). The van der Waals surface area contributed by atoms with Crippen LogP contribution in [0.2, 0.25) is 10.0 Å². The molecule has 0 saturated heterocycles. The average Bonchev–Trinajstić information content (AvgIpc) is 3.03. The minimum absolute atomic E-state index is 0.0107. The Kier molecular flexibility index (Phi) is 5.17. The van der Waals surface area contributed by atoms with Crippen molar-refractivity contribution in [1.82, 2.24) is 18.7 Å². The predicted molar refractivity (Wildman–Crippen MR) is 117 cm³/mol. The second-order valence-electron chi connectivity index (χ2n) is 7.01. The number of nitrogens with zero attached hydrogens (tertiary/aromatic N) is 4. The molecular formula is C21H18Cl2N4O3. The number of ether oxygens (including phenoxy) is 1. The van der Waals surface area contributed by atoms with Crippen molar-refractivity contribution in [2.24, 2.45) is 14.1 Å². The van der Waals surface area contributed by atoms with Crippen molar-refractivity contribution >= 4 is 34.4 Å². The van der Waals surface area contributed by atoms with E-state index in [1.165, 1.54) is 9.13 Å². The van der Waals surface area contributed by atoms with Crippen LogP contribution >= 0.6 is 23.2 Å². The normalized spacial score (nSPS) is 11.2. The molecule has 2 aromatic heterocycles. The van der Waals surface area contributed by atoms with Gasteiger partial charge in [-0.15, -0.1) is 0 Å². The van der Waals surface area contributed by atoms with E-state index in [2.05, 4.69) is 4.98 Å². The molecule has 4 aromatic rings. The first-order valence-electron chi connectivity index (χ1n) is 9.11. The van der Waals surface area contributed by atoms with Crippen LogP contribution < -0.4 is 16.0 Å². The fraction of sp³-hybridized carbons (Fsp3) is 0.190. The van der Waals surface area contributed by atoms with Gasteiger partial charge in [0.1, 0.15) is 5.75 Å². The van der Waals surface area contributed by atoms with Crippen LogP contribution in [0.1, 0.15) is 11.1 Å². The summed E-state index contributed by atoms with van der Waals surface area (Å²) in [4.78, 5) is 30.4. The Morgan fingerprint density at radius 2 is 1.70 bits per heavy atom. The van der Waals surface area contributed by atoms with E-state index in [1.54, 1.807) is 32.3 Å². The molecule has 0 N–H and O–H groups in total. The van der Waals surface area contributed by atoms with Crippen LogP contribution in [0.15, 0.2) is 52.1 Å². The van der Waals surface area contributed by atoms with Gasteiger partial charge in [-0.05, 0) is 36.8 Å². The molecule has 0 aliphatic rings. The average molecular weight is 445 g/mol. The lowest BCUT2D eigenvalue weighted by atomic mass is 10.2. The highest BCUT2D eigenvalue weighted by molar-refractivity contribution is 6.35. The zero-order chi connectivity index (χ0) is 21.6. The standard InChI is InChI=1S/C21H18Cl2N4O3/c1-12-4-8-15(9-5-12)30-20-24-18-17(25(20)2)19(28)27(21(29)26(18)3)11-13-6-7-14(22)10-16(13)23/h4-10H,11H2,1-3H3. The molecule has 0 fully saturated rings. The van der Waals surface area contributed by atoms with Gasteiger partial charge in [0.15, 0.2) is 11.2 Å². The third-order valence-corrected chi connectivity index (χ3v) is 5.48. The summed E-state index contributed by atoms with van der Waals surface area (Å²) in [6.45, 7) is 1.99. The Morgan fingerprint density at radius 1 is 1.00 bits per heavy atom. The van der Waals surface area contributed by atoms with Crippen molar-refractivity contribution < 1.29 is 4.74 Å². The third kappa shape index (κ3) is 3.51. The third-order valence-electron chi connectivity index (χ3n) is 4.89. The summed E-state index contributed by atoms with van der Waals surface area (Å²) < 4.78 is 9.82. The van der Waals surface area contributed by atoms with Gasteiger partial charge in [-0.3, -0.25) is 18.5 Å². The van der Waals surface area contributed by atoms with Gasteiger partial charge in [0, 0.05) is 24.1 Å². The van der Waals surface area contributed by atoms with Crippen LogP contribution in [-0.2, 0) is 20.6 Å². The van der Waals surface area contributed by atoms with E-state index in [-0.39, 0.29) is 23.7 Å². The number of hydrogen-bond donors (Lipinski definition) is 0. The van der Waals surface area contributed by atoms with Gasteiger partial charge in [0.05, 0.1) is 6.54 Å². The number of rotatable bonds is 4. The summed E-state index contributed by atoms with van der Waals surface area (Å²) in [7, 11) is 3.23. The Morgan fingerprint density at radius 3 is 2.37 bits per heavy atom. The van der Waals surface area contributed by atoms with Crippen LogP contribution in [0, 0.1) is 6.92 Å². The molecule has 30 heavy (non-hydrogen) atoms. The maximum absolute atomic E-state index is 13.2. The Labute approximate surface area is 181 Å². The number of aromatic nitrogens is 4. The topological polar surface area (TPSA) is 71.1 Å². The van der Waals surface area contributed by atoms with Crippen molar-refractivity contribution in [2.75, 3.05) is 0 Å². The van der Waals surface area contributed by atoms with E-state index < -0.39 is 11.2 Å². The van der Waals surface area contributed by atoms with Gasteiger partial charge < -0.3 is 4.74 Å². The smallest absolute Gasteiger partial charge is 0.332 e. The van der Waals surface area contributed by atoms with Crippen LogP contribution in [0.4, 0.5) is 0 Å². The van der Waals surface area contributed by atoms with Crippen LogP contribution in [0.3, 0.4) is 0 Å². The minimum atomic E-state index is -0.501. The van der Waals surface area contributed by atoms with Crippen LogP contribution in [0.5, 0.6) is 11.8 Å². The number of hydrogen-bond acceptors (Lipinski definition) is 4. The molecule has 9 heteroatoms. The summed E-state index contributed by atoms with van der Waals surface area (Å²) in [6.07, 6.45) is 0. The molecule has 0 aliphatic carbocycles. The first-order valence-corrected chi connectivity index (χ1v) is 9.86. The molecule has 0 spiro atoms. The van der Waals surface area contributed by atoms with Gasteiger partial charge in [-0.2, -0.15) is 4.98 Å². The zero-order valence-corrected chi connectivity index (χ0v) is 18.0. The van der Waals surface area contributed by atoms with E-state index in [4.69, 9.17) is 27.9 Å². The quantitative estimate of drug-likeness (QED) is 0.478. The Hall–Kier alpha value is -3.03. The summed E-state index contributed by atoms with van der Waals surface area (Å²) >= 11 is 12.2. The fourth-order valence-electron chi connectivity index (χ4n) is 3.19. The molecule has 0 radical (unpaired) electrons. The molecule has 0 saturated carbocycles. The fourth-order valence-corrected chi connectivity index (χ4v) is 3.65. The number of halogens is 2. The number of imidazole rings is 1. The predicted octanol–water partition coefficient (Wildman–Crippen LogP) is 3.89. The number of aryl methyl sites for hydroxylation is 3. The largest absolute Gasteiger partial charge is 0.425 e. The van der Waals surface area contributed by atoms with E-state index in [9.17, 15) is 9.59 Å². The zero-order valence-electron chi connectivity index (χ0n) is 16.5. The Bertz CT molecular complexity index is 1380. The van der Waals surface area contributed by atoms with Crippen LogP contribution in [-0.4, -0.2) is 18.7 Å². The van der Waals surface area contributed by atoms with Gasteiger partial charge in [-0.25, -0.2) is 4.79 Å². The molecule has 7 nitrogen and oxygen atoms in total. The highest BCUT2D eigenvalue weighted by Gasteiger charge is 2.20. The molecule has 0 atom stereocenters. The number of fused-ring (bicyclic) bond motifs is 1. The van der Waals surface area contributed by atoms with Crippen molar-refractivity contribution in [2.45, 2.75) is 13.5 Å². The van der Waals surface area contributed by atoms with E-state index >= 15 is 0 Å². The molecule has 2 heterocycles. The van der Waals surface area contributed by atoms with Crippen molar-refractivity contribution in [3.8, 4) is 11.8 Å².